The summed E-state index contributed by atoms with van der Waals surface area (Å²) < 4.78 is 5.29. The van der Waals surface area contributed by atoms with Crippen molar-refractivity contribution in [3.8, 4) is 17.1 Å². The van der Waals surface area contributed by atoms with E-state index in [0.717, 1.165) is 16.9 Å². The number of carbonyl (C=O) groups is 1. The van der Waals surface area contributed by atoms with Gasteiger partial charge in [-0.25, -0.2) is 4.98 Å². The number of hydrogen-bond acceptors (Lipinski definition) is 6. The Labute approximate surface area is 162 Å². The van der Waals surface area contributed by atoms with Gasteiger partial charge in [0.1, 0.15) is 11.6 Å². The van der Waals surface area contributed by atoms with Gasteiger partial charge in [-0.1, -0.05) is 12.1 Å². The van der Waals surface area contributed by atoms with Gasteiger partial charge < -0.3 is 15.4 Å². The highest BCUT2D eigenvalue weighted by atomic mass is 16.5. The Morgan fingerprint density at radius 2 is 2.07 bits per heavy atom. The Hall–Kier alpha value is -3.26. The molecular formula is C20H22N6O2. The first-order valence-corrected chi connectivity index (χ1v) is 9.12. The molecule has 8 nitrogen and oxygen atoms in total. The highest BCUT2D eigenvalue weighted by Gasteiger charge is 2.44. The maximum Gasteiger partial charge on any atom is 0.229 e. The van der Waals surface area contributed by atoms with Crippen LogP contribution in [0.2, 0.25) is 0 Å². The smallest absolute Gasteiger partial charge is 0.229 e. The first kappa shape index (κ1) is 18.1. The molecule has 0 saturated carbocycles. The predicted octanol–water partition coefficient (Wildman–Crippen LogP) is 1.32. The number of ether oxygens (including phenoxy) is 1. The number of carbonyl (C=O) groups excluding carboxylic acids is 1. The summed E-state index contributed by atoms with van der Waals surface area (Å²) in [6, 6.07) is 11.5. The summed E-state index contributed by atoms with van der Waals surface area (Å²) in [7, 11) is 1.64. The van der Waals surface area contributed by atoms with E-state index in [9.17, 15) is 4.79 Å². The summed E-state index contributed by atoms with van der Waals surface area (Å²) in [5, 5.41) is 13.3. The van der Waals surface area contributed by atoms with E-state index in [0.29, 0.717) is 37.7 Å². The lowest BCUT2D eigenvalue weighted by Gasteiger charge is -2.41. The molecule has 0 aliphatic carbocycles. The molecule has 2 aromatic heterocycles. The van der Waals surface area contributed by atoms with Crippen LogP contribution < -0.4 is 15.4 Å². The minimum absolute atomic E-state index is 0.0101. The third-order valence-electron chi connectivity index (χ3n) is 4.97. The molecule has 28 heavy (non-hydrogen) atoms. The van der Waals surface area contributed by atoms with Gasteiger partial charge in [-0.15, -0.1) is 0 Å². The van der Waals surface area contributed by atoms with Crippen LogP contribution in [0.5, 0.6) is 5.75 Å². The van der Waals surface area contributed by atoms with Crippen molar-refractivity contribution in [3.05, 3.63) is 60.2 Å². The van der Waals surface area contributed by atoms with E-state index in [1.165, 1.54) is 0 Å². The average Bonchev–Trinajstić information content (AvgIpc) is 3.19. The summed E-state index contributed by atoms with van der Waals surface area (Å²) in [6.45, 7) is 1.60. The van der Waals surface area contributed by atoms with Gasteiger partial charge in [0.25, 0.3) is 0 Å². The van der Waals surface area contributed by atoms with E-state index in [2.05, 4.69) is 30.8 Å². The minimum atomic E-state index is -0.458. The number of aromatic nitrogens is 4. The van der Waals surface area contributed by atoms with Crippen molar-refractivity contribution in [2.24, 2.45) is 5.41 Å². The SMILES string of the molecule is COc1cccc(CC2(C(=O)NCc3nc(-c4ccncc4)n[nH]3)CNC2)c1. The number of benzene rings is 1. The topological polar surface area (TPSA) is 105 Å². The highest BCUT2D eigenvalue weighted by Crippen LogP contribution is 2.29. The van der Waals surface area contributed by atoms with Gasteiger partial charge in [-0.3, -0.25) is 14.9 Å². The van der Waals surface area contributed by atoms with Crippen molar-refractivity contribution in [2.75, 3.05) is 20.2 Å². The number of hydrogen-bond donors (Lipinski definition) is 3. The van der Waals surface area contributed by atoms with Crippen LogP contribution in [0.3, 0.4) is 0 Å². The second kappa shape index (κ2) is 7.77. The Bertz CT molecular complexity index is 952. The van der Waals surface area contributed by atoms with Crippen LogP contribution in [-0.4, -0.2) is 46.3 Å². The van der Waals surface area contributed by atoms with Crippen LogP contribution in [0, 0.1) is 5.41 Å². The summed E-state index contributed by atoms with van der Waals surface area (Å²) in [6.07, 6.45) is 4.04. The van der Waals surface area contributed by atoms with E-state index in [4.69, 9.17) is 4.74 Å². The Balaban J connectivity index is 1.40. The molecule has 0 bridgehead atoms. The fraction of sp³-hybridized carbons (Fsp3) is 0.300. The van der Waals surface area contributed by atoms with Gasteiger partial charge in [0, 0.05) is 31.0 Å². The maximum absolute atomic E-state index is 12.9. The molecule has 1 aliphatic heterocycles. The van der Waals surface area contributed by atoms with Gasteiger partial charge in [0.2, 0.25) is 5.91 Å². The van der Waals surface area contributed by atoms with Crippen LogP contribution in [0.25, 0.3) is 11.4 Å². The van der Waals surface area contributed by atoms with Crippen LogP contribution in [-0.2, 0) is 17.8 Å². The summed E-state index contributed by atoms with van der Waals surface area (Å²) >= 11 is 0. The fourth-order valence-corrected chi connectivity index (χ4v) is 3.32. The molecule has 0 spiro atoms. The summed E-state index contributed by atoms with van der Waals surface area (Å²) in [4.78, 5) is 21.3. The highest BCUT2D eigenvalue weighted by molar-refractivity contribution is 5.84. The first-order chi connectivity index (χ1) is 13.7. The molecule has 8 heteroatoms. The van der Waals surface area contributed by atoms with Gasteiger partial charge in [0.15, 0.2) is 5.82 Å². The molecule has 1 aromatic carbocycles. The van der Waals surface area contributed by atoms with E-state index in [1.807, 2.05) is 36.4 Å². The third kappa shape index (κ3) is 3.72. The number of rotatable bonds is 7. The molecule has 0 atom stereocenters. The average molecular weight is 378 g/mol. The standard InChI is InChI=1S/C20H22N6O2/c1-28-16-4-2-3-14(9-16)10-20(12-22-13-20)19(27)23-11-17-24-18(26-25-17)15-5-7-21-8-6-15/h2-9,22H,10-13H2,1H3,(H,23,27)(H,24,25,26). The van der Waals surface area contributed by atoms with Gasteiger partial charge in [-0.05, 0) is 36.2 Å². The lowest BCUT2D eigenvalue weighted by molar-refractivity contribution is -0.134. The molecule has 1 aliphatic rings. The zero-order chi connectivity index (χ0) is 19.4. The molecule has 1 fully saturated rings. The minimum Gasteiger partial charge on any atom is -0.497 e. The normalized spacial score (nSPS) is 14.9. The number of nitrogens with one attached hydrogen (secondary N) is 3. The second-order valence-corrected chi connectivity index (χ2v) is 6.94. The van der Waals surface area contributed by atoms with Crippen molar-refractivity contribution >= 4 is 5.91 Å². The summed E-state index contributed by atoms with van der Waals surface area (Å²) in [5.41, 5.74) is 1.50. The molecule has 144 valence electrons. The molecule has 3 heterocycles. The number of amides is 1. The molecule has 1 amide bonds. The zero-order valence-electron chi connectivity index (χ0n) is 15.6. The van der Waals surface area contributed by atoms with Crippen LogP contribution in [0.15, 0.2) is 48.8 Å². The zero-order valence-corrected chi connectivity index (χ0v) is 15.6. The number of H-pyrrole nitrogens is 1. The van der Waals surface area contributed by atoms with Crippen LogP contribution in [0.4, 0.5) is 0 Å². The largest absolute Gasteiger partial charge is 0.497 e. The van der Waals surface area contributed by atoms with E-state index >= 15 is 0 Å². The van der Waals surface area contributed by atoms with Gasteiger partial charge in [-0.2, -0.15) is 5.10 Å². The molecule has 1 saturated heterocycles. The van der Waals surface area contributed by atoms with Crippen molar-refractivity contribution in [2.45, 2.75) is 13.0 Å². The Morgan fingerprint density at radius 1 is 1.25 bits per heavy atom. The Morgan fingerprint density at radius 3 is 2.79 bits per heavy atom. The van der Waals surface area contributed by atoms with Gasteiger partial charge in [0.05, 0.1) is 19.1 Å². The molecular weight excluding hydrogens is 356 g/mol. The monoisotopic (exact) mass is 378 g/mol. The molecule has 4 rings (SSSR count). The van der Waals surface area contributed by atoms with E-state index in [1.54, 1.807) is 19.5 Å². The predicted molar refractivity (Wildman–Crippen MR) is 103 cm³/mol. The van der Waals surface area contributed by atoms with Crippen molar-refractivity contribution < 1.29 is 9.53 Å². The van der Waals surface area contributed by atoms with Crippen molar-refractivity contribution in [3.63, 3.8) is 0 Å². The second-order valence-electron chi connectivity index (χ2n) is 6.94. The third-order valence-corrected chi connectivity index (χ3v) is 4.97. The Kier molecular flexibility index (Phi) is 5.03. The maximum atomic E-state index is 12.9. The number of nitrogens with zero attached hydrogens (tertiary/aromatic N) is 3. The molecule has 3 N–H and O–H groups in total. The van der Waals surface area contributed by atoms with Crippen LogP contribution >= 0.6 is 0 Å². The molecule has 0 unspecified atom stereocenters. The van der Waals surface area contributed by atoms with E-state index < -0.39 is 5.41 Å². The van der Waals surface area contributed by atoms with Crippen molar-refractivity contribution in [1.82, 2.24) is 30.8 Å². The first-order valence-electron chi connectivity index (χ1n) is 9.12. The molecule has 3 aromatic rings. The van der Waals surface area contributed by atoms with Crippen LogP contribution in [0.1, 0.15) is 11.4 Å². The van der Waals surface area contributed by atoms with E-state index in [-0.39, 0.29) is 5.91 Å². The quantitative estimate of drug-likeness (QED) is 0.573. The number of methoxy groups -OCH3 is 1. The number of aromatic amines is 1. The summed E-state index contributed by atoms with van der Waals surface area (Å²) in [5.74, 6) is 2.01. The number of pyridine rings is 1. The lowest BCUT2D eigenvalue weighted by atomic mass is 9.75. The fourth-order valence-electron chi connectivity index (χ4n) is 3.32. The van der Waals surface area contributed by atoms with Crippen molar-refractivity contribution in [1.29, 1.82) is 0 Å². The van der Waals surface area contributed by atoms with Gasteiger partial charge >= 0.3 is 0 Å². The molecule has 0 radical (unpaired) electrons. The lowest BCUT2D eigenvalue weighted by Crippen LogP contribution is -2.62.